The van der Waals surface area contributed by atoms with Gasteiger partial charge in [0.05, 0.1) is 28.8 Å². The summed E-state index contributed by atoms with van der Waals surface area (Å²) >= 11 is 2.44. The molecule has 4 aromatic rings. The second-order valence-corrected chi connectivity index (χ2v) is 9.97. The van der Waals surface area contributed by atoms with E-state index in [-0.39, 0.29) is 23.0 Å². The van der Waals surface area contributed by atoms with E-state index in [4.69, 9.17) is 9.72 Å². The van der Waals surface area contributed by atoms with Gasteiger partial charge in [-0.25, -0.2) is 4.98 Å². The van der Waals surface area contributed by atoms with Gasteiger partial charge in [-0.3, -0.25) is 19.0 Å². The van der Waals surface area contributed by atoms with E-state index in [1.807, 2.05) is 44.2 Å². The van der Waals surface area contributed by atoms with E-state index in [1.165, 1.54) is 27.7 Å². The Hall–Kier alpha value is -3.43. The minimum atomic E-state index is -0.252. The van der Waals surface area contributed by atoms with Crippen LogP contribution in [0.4, 0.5) is 0 Å². The molecule has 0 aliphatic heterocycles. The number of carbonyl (C=O) groups is 2. The fraction of sp³-hybridized carbons (Fsp3) is 0.259. The van der Waals surface area contributed by atoms with Crippen LogP contribution in [-0.2, 0) is 0 Å². The highest BCUT2D eigenvalue weighted by atomic mass is 32.2. The van der Waals surface area contributed by atoms with Crippen molar-refractivity contribution in [1.29, 1.82) is 0 Å². The summed E-state index contributed by atoms with van der Waals surface area (Å²) < 4.78 is 6.69. The topological polar surface area (TPSA) is 81.5 Å². The van der Waals surface area contributed by atoms with Gasteiger partial charge in [0.1, 0.15) is 10.6 Å². The lowest BCUT2D eigenvalue weighted by Gasteiger charge is -2.17. The van der Waals surface area contributed by atoms with E-state index in [1.54, 1.807) is 43.2 Å². The Morgan fingerprint density at radius 3 is 2.33 bits per heavy atom. The first-order chi connectivity index (χ1) is 17.4. The fourth-order valence-corrected chi connectivity index (χ4v) is 6.01. The molecule has 0 bridgehead atoms. The molecule has 1 amide bonds. The van der Waals surface area contributed by atoms with Crippen molar-refractivity contribution in [2.45, 2.75) is 25.9 Å². The Morgan fingerprint density at radius 2 is 1.72 bits per heavy atom. The van der Waals surface area contributed by atoms with Crippen molar-refractivity contribution in [3.8, 4) is 11.4 Å². The molecule has 9 heteroatoms. The Bertz CT molecular complexity index is 1460. The first-order valence-corrected chi connectivity index (χ1v) is 13.4. The maximum absolute atomic E-state index is 13.8. The van der Waals surface area contributed by atoms with Gasteiger partial charge in [0, 0.05) is 18.7 Å². The Morgan fingerprint density at radius 1 is 1.06 bits per heavy atom. The number of hydrogen-bond acceptors (Lipinski definition) is 7. The molecule has 7 nitrogen and oxygen atoms in total. The zero-order valence-corrected chi connectivity index (χ0v) is 22.2. The molecule has 0 N–H and O–H groups in total. The monoisotopic (exact) mass is 521 g/mol. The number of ether oxygens (including phenoxy) is 1. The molecule has 0 unspecified atom stereocenters. The number of thioether (sulfide) groups is 1. The lowest BCUT2D eigenvalue weighted by atomic mass is 10.1. The number of rotatable bonds is 9. The van der Waals surface area contributed by atoms with Crippen molar-refractivity contribution in [3.05, 3.63) is 81.0 Å². The highest BCUT2D eigenvalue weighted by Gasteiger charge is 2.24. The highest BCUT2D eigenvalue weighted by molar-refractivity contribution is 7.99. The summed E-state index contributed by atoms with van der Waals surface area (Å²) in [6, 6.07) is 16.1. The molecular weight excluding hydrogens is 494 g/mol. The van der Waals surface area contributed by atoms with Crippen LogP contribution in [-0.4, -0.2) is 52.1 Å². The summed E-state index contributed by atoms with van der Waals surface area (Å²) in [4.78, 5) is 47.3. The number of aromatic nitrogens is 2. The second-order valence-electron chi connectivity index (χ2n) is 8.02. The quantitative estimate of drug-likeness (QED) is 0.171. The molecule has 2 aromatic heterocycles. The number of amides is 1. The molecule has 186 valence electrons. The van der Waals surface area contributed by atoms with Crippen LogP contribution in [0.1, 0.15) is 39.4 Å². The standard InChI is InChI=1S/C27H27N3O4S2/c1-5-29(6-2)26(33)23-17(3)22-24(36-23)28-27(30(25(22)32)19-10-8-7-9-11-19)35-16-21(31)18-12-14-20(34-4)15-13-18/h7-15H,5-6,16H2,1-4H3. The number of nitrogens with zero attached hydrogens (tertiary/aromatic N) is 3. The zero-order valence-electron chi connectivity index (χ0n) is 20.6. The van der Waals surface area contributed by atoms with Crippen molar-refractivity contribution < 1.29 is 14.3 Å². The van der Waals surface area contributed by atoms with Gasteiger partial charge in [0.25, 0.3) is 11.5 Å². The maximum atomic E-state index is 13.8. The van der Waals surface area contributed by atoms with Gasteiger partial charge in [-0.1, -0.05) is 30.0 Å². The molecule has 4 rings (SSSR count). The number of thiophene rings is 1. The van der Waals surface area contributed by atoms with Gasteiger partial charge >= 0.3 is 0 Å². The average Bonchev–Trinajstić information content (AvgIpc) is 3.24. The van der Waals surface area contributed by atoms with Gasteiger partial charge in [0.2, 0.25) is 0 Å². The minimum Gasteiger partial charge on any atom is -0.497 e. The molecule has 0 aliphatic rings. The number of hydrogen-bond donors (Lipinski definition) is 0. The summed E-state index contributed by atoms with van der Waals surface area (Å²) in [6.45, 7) is 6.82. The van der Waals surface area contributed by atoms with E-state index in [0.29, 0.717) is 55.9 Å². The average molecular weight is 522 g/mol. The predicted molar refractivity (Wildman–Crippen MR) is 145 cm³/mol. The number of ketones is 1. The van der Waals surface area contributed by atoms with Crippen LogP contribution in [0, 0.1) is 6.92 Å². The third kappa shape index (κ3) is 4.94. The molecule has 0 aliphatic carbocycles. The minimum absolute atomic E-state index is 0.0867. The third-order valence-electron chi connectivity index (χ3n) is 5.94. The number of para-hydroxylation sites is 1. The SMILES string of the molecule is CCN(CC)C(=O)c1sc2nc(SCC(=O)c3ccc(OC)cc3)n(-c3ccccc3)c(=O)c2c1C. The molecule has 0 radical (unpaired) electrons. The first kappa shape index (κ1) is 25.7. The molecule has 0 saturated heterocycles. The largest absolute Gasteiger partial charge is 0.497 e. The summed E-state index contributed by atoms with van der Waals surface area (Å²) in [6.07, 6.45) is 0. The number of aryl methyl sites for hydroxylation is 1. The molecule has 2 heterocycles. The summed E-state index contributed by atoms with van der Waals surface area (Å²) in [5.41, 5.74) is 1.59. The Balaban J connectivity index is 1.78. The smallest absolute Gasteiger partial charge is 0.267 e. The van der Waals surface area contributed by atoms with Gasteiger partial charge in [-0.15, -0.1) is 11.3 Å². The molecular formula is C27H27N3O4S2. The lowest BCUT2D eigenvalue weighted by Crippen LogP contribution is -2.30. The fourth-order valence-electron chi connectivity index (χ4n) is 3.91. The van der Waals surface area contributed by atoms with Crippen LogP contribution in [0.2, 0.25) is 0 Å². The summed E-state index contributed by atoms with van der Waals surface area (Å²) in [5, 5.41) is 0.842. The second kappa shape index (κ2) is 11.1. The molecule has 0 spiro atoms. The van der Waals surface area contributed by atoms with Crippen LogP contribution in [0.25, 0.3) is 15.9 Å². The summed E-state index contributed by atoms with van der Waals surface area (Å²) in [5.74, 6) is 0.589. The molecule has 2 aromatic carbocycles. The Kier molecular flexibility index (Phi) is 7.91. The van der Waals surface area contributed by atoms with Gasteiger partial charge in [-0.2, -0.15) is 0 Å². The van der Waals surface area contributed by atoms with Crippen LogP contribution in [0.3, 0.4) is 0 Å². The van der Waals surface area contributed by atoms with E-state index >= 15 is 0 Å². The van der Waals surface area contributed by atoms with Crippen LogP contribution in [0.15, 0.2) is 64.5 Å². The Labute approximate surface area is 217 Å². The van der Waals surface area contributed by atoms with Crippen molar-refractivity contribution in [1.82, 2.24) is 14.5 Å². The molecule has 0 saturated carbocycles. The number of Topliss-reactive ketones (excluding diaryl/α,β-unsaturated/α-hetero) is 1. The maximum Gasteiger partial charge on any atom is 0.267 e. The van der Waals surface area contributed by atoms with E-state index in [2.05, 4.69) is 0 Å². The number of methoxy groups -OCH3 is 1. The number of fused-ring (bicyclic) bond motifs is 1. The van der Waals surface area contributed by atoms with E-state index < -0.39 is 0 Å². The van der Waals surface area contributed by atoms with Gasteiger partial charge < -0.3 is 9.64 Å². The van der Waals surface area contributed by atoms with Crippen molar-refractivity contribution in [3.63, 3.8) is 0 Å². The van der Waals surface area contributed by atoms with E-state index in [0.717, 1.165) is 0 Å². The zero-order chi connectivity index (χ0) is 25.8. The molecule has 0 atom stereocenters. The van der Waals surface area contributed by atoms with Gasteiger partial charge in [0.15, 0.2) is 10.9 Å². The highest BCUT2D eigenvalue weighted by Crippen LogP contribution is 2.31. The lowest BCUT2D eigenvalue weighted by molar-refractivity contribution is 0.0777. The van der Waals surface area contributed by atoms with Crippen molar-refractivity contribution in [2.75, 3.05) is 26.0 Å². The normalized spacial score (nSPS) is 11.0. The van der Waals surface area contributed by atoms with Gasteiger partial charge in [-0.05, 0) is 62.7 Å². The number of carbonyl (C=O) groups excluding carboxylic acids is 2. The van der Waals surface area contributed by atoms with Crippen LogP contribution < -0.4 is 10.3 Å². The van der Waals surface area contributed by atoms with Crippen LogP contribution >= 0.6 is 23.1 Å². The van der Waals surface area contributed by atoms with Crippen LogP contribution in [0.5, 0.6) is 5.75 Å². The third-order valence-corrected chi connectivity index (χ3v) is 8.05. The van der Waals surface area contributed by atoms with Crippen molar-refractivity contribution in [2.24, 2.45) is 0 Å². The number of benzene rings is 2. The summed E-state index contributed by atoms with van der Waals surface area (Å²) in [7, 11) is 1.57. The predicted octanol–water partition coefficient (Wildman–Crippen LogP) is 5.22. The molecule has 36 heavy (non-hydrogen) atoms. The molecule has 0 fully saturated rings. The van der Waals surface area contributed by atoms with Crippen molar-refractivity contribution >= 4 is 45.0 Å². The van der Waals surface area contributed by atoms with E-state index in [9.17, 15) is 14.4 Å². The first-order valence-electron chi connectivity index (χ1n) is 11.6.